The number of rotatable bonds is 2. The van der Waals surface area contributed by atoms with E-state index in [1.807, 2.05) is 45.0 Å². The summed E-state index contributed by atoms with van der Waals surface area (Å²) in [5.41, 5.74) is 9.92. The summed E-state index contributed by atoms with van der Waals surface area (Å²) in [4.78, 5) is 0. The molecule has 0 spiro atoms. The molecule has 2 rings (SSSR count). The second-order valence-electron chi connectivity index (χ2n) is 4.61. The smallest absolute Gasteiger partial charge is 0.142 e. The van der Waals surface area contributed by atoms with Crippen molar-refractivity contribution in [3.8, 4) is 11.5 Å². The van der Waals surface area contributed by atoms with E-state index in [1.54, 1.807) is 0 Å². The van der Waals surface area contributed by atoms with E-state index in [4.69, 9.17) is 10.5 Å². The van der Waals surface area contributed by atoms with Gasteiger partial charge in [0.1, 0.15) is 11.5 Å². The number of hydrogen-bond donors (Lipinski definition) is 1. The molecule has 0 fully saturated rings. The van der Waals surface area contributed by atoms with Crippen LogP contribution in [0.2, 0.25) is 0 Å². The number of aryl methyl sites for hydroxylation is 3. The van der Waals surface area contributed by atoms with E-state index in [1.165, 1.54) is 0 Å². The lowest BCUT2D eigenvalue weighted by Crippen LogP contribution is -1.93. The maximum absolute atomic E-state index is 5.94. The highest BCUT2D eigenvalue weighted by atomic mass is 79.9. The summed E-state index contributed by atoms with van der Waals surface area (Å²) in [6.07, 6.45) is 0. The number of hydrogen-bond acceptors (Lipinski definition) is 2. The molecule has 0 saturated heterocycles. The van der Waals surface area contributed by atoms with Gasteiger partial charge in [0.05, 0.1) is 4.47 Å². The van der Waals surface area contributed by atoms with Gasteiger partial charge in [0, 0.05) is 10.2 Å². The molecule has 0 radical (unpaired) electrons. The number of ether oxygens (including phenoxy) is 1. The fourth-order valence-electron chi connectivity index (χ4n) is 1.84. The molecule has 2 aromatic carbocycles. The molecule has 0 amide bonds. The Bertz CT molecular complexity index is 615. The van der Waals surface area contributed by atoms with E-state index in [9.17, 15) is 0 Å². The van der Waals surface area contributed by atoms with E-state index in [0.29, 0.717) is 0 Å². The highest BCUT2D eigenvalue weighted by molar-refractivity contribution is 9.10. The molecule has 2 nitrogen and oxygen atoms in total. The van der Waals surface area contributed by atoms with Gasteiger partial charge in [-0.1, -0.05) is 15.9 Å². The van der Waals surface area contributed by atoms with Crippen LogP contribution in [0.5, 0.6) is 11.5 Å². The number of nitrogens with two attached hydrogens (primary N) is 1. The molecule has 0 aromatic heterocycles. The molecule has 2 N–H and O–H groups in total. The Balaban J connectivity index is 2.39. The molecule has 2 aromatic rings. The minimum absolute atomic E-state index is 0.752. The summed E-state index contributed by atoms with van der Waals surface area (Å²) in [6.45, 7) is 6.06. The Morgan fingerprint density at radius 3 is 2.05 bits per heavy atom. The lowest BCUT2D eigenvalue weighted by Gasteiger charge is -2.12. The summed E-state index contributed by atoms with van der Waals surface area (Å²) in [5.74, 6) is 1.59. The Morgan fingerprint density at radius 1 is 0.895 bits per heavy atom. The van der Waals surface area contributed by atoms with Crippen molar-refractivity contribution in [3.63, 3.8) is 0 Å². The fourth-order valence-corrected chi connectivity index (χ4v) is 2.51. The zero-order valence-electron chi connectivity index (χ0n) is 11.1. The lowest BCUT2D eigenvalue weighted by molar-refractivity contribution is 0.478. The van der Waals surface area contributed by atoms with Crippen LogP contribution in [0.4, 0.5) is 5.69 Å². The van der Waals surface area contributed by atoms with Crippen molar-refractivity contribution >= 4 is 37.5 Å². The van der Waals surface area contributed by atoms with Gasteiger partial charge in [-0.2, -0.15) is 0 Å². The first-order chi connectivity index (χ1) is 8.88. The Labute approximate surface area is 130 Å². The molecule has 0 aliphatic heterocycles. The van der Waals surface area contributed by atoms with E-state index in [0.717, 1.165) is 42.8 Å². The van der Waals surface area contributed by atoms with Crippen LogP contribution in [0, 0.1) is 20.8 Å². The van der Waals surface area contributed by atoms with E-state index >= 15 is 0 Å². The average molecular weight is 385 g/mol. The molecule has 0 aliphatic carbocycles. The van der Waals surface area contributed by atoms with Crippen LogP contribution in [-0.4, -0.2) is 0 Å². The third kappa shape index (κ3) is 3.12. The molecule has 4 heteroatoms. The average Bonchev–Trinajstić information content (AvgIpc) is 2.33. The van der Waals surface area contributed by atoms with Crippen LogP contribution in [0.1, 0.15) is 16.7 Å². The van der Waals surface area contributed by atoms with Crippen LogP contribution in [0.25, 0.3) is 0 Å². The molecular formula is C15H15Br2NO. The molecule has 0 unspecified atom stereocenters. The van der Waals surface area contributed by atoms with Gasteiger partial charge < -0.3 is 10.5 Å². The van der Waals surface area contributed by atoms with Crippen molar-refractivity contribution in [2.24, 2.45) is 0 Å². The van der Waals surface area contributed by atoms with Crippen molar-refractivity contribution in [1.29, 1.82) is 0 Å². The van der Waals surface area contributed by atoms with Gasteiger partial charge in [-0.3, -0.25) is 0 Å². The Morgan fingerprint density at radius 2 is 1.47 bits per heavy atom. The van der Waals surface area contributed by atoms with Gasteiger partial charge in [-0.25, -0.2) is 0 Å². The number of benzene rings is 2. The largest absolute Gasteiger partial charge is 0.456 e. The maximum Gasteiger partial charge on any atom is 0.142 e. The van der Waals surface area contributed by atoms with Gasteiger partial charge in [0.25, 0.3) is 0 Å². The van der Waals surface area contributed by atoms with Crippen LogP contribution in [0.15, 0.2) is 33.2 Å². The second-order valence-corrected chi connectivity index (χ2v) is 6.26. The number of halogens is 2. The van der Waals surface area contributed by atoms with Crippen LogP contribution in [0.3, 0.4) is 0 Å². The number of anilines is 1. The first-order valence-electron chi connectivity index (χ1n) is 5.88. The Hall–Kier alpha value is -1.00. The first kappa shape index (κ1) is 14.4. The standard InChI is InChI=1S/C15H15Br2NO/c1-8-6-14(12(16)7-13(8)18)19-11-4-9(2)15(17)10(3)5-11/h4-7H,18H2,1-3H3. The van der Waals surface area contributed by atoms with Crippen LogP contribution < -0.4 is 10.5 Å². The SMILES string of the molecule is Cc1cc(Oc2cc(C)c(Br)c(C)c2)c(Br)cc1N. The quantitative estimate of drug-likeness (QED) is 0.692. The molecule has 0 aliphatic rings. The van der Waals surface area contributed by atoms with Gasteiger partial charge in [0.15, 0.2) is 0 Å². The third-order valence-electron chi connectivity index (χ3n) is 2.96. The van der Waals surface area contributed by atoms with Crippen molar-refractivity contribution in [2.45, 2.75) is 20.8 Å². The summed E-state index contributed by atoms with van der Waals surface area (Å²) in [5, 5.41) is 0. The lowest BCUT2D eigenvalue weighted by atomic mass is 10.1. The molecule has 0 atom stereocenters. The van der Waals surface area contributed by atoms with Gasteiger partial charge >= 0.3 is 0 Å². The zero-order valence-corrected chi connectivity index (χ0v) is 14.2. The predicted molar refractivity (Wildman–Crippen MR) is 87.0 cm³/mol. The summed E-state index contributed by atoms with van der Waals surface area (Å²) < 4.78 is 7.91. The maximum atomic E-state index is 5.94. The predicted octanol–water partition coefficient (Wildman–Crippen LogP) is 5.51. The van der Waals surface area contributed by atoms with Gasteiger partial charge in [-0.15, -0.1) is 0 Å². The van der Waals surface area contributed by atoms with Crippen molar-refractivity contribution in [2.75, 3.05) is 5.73 Å². The van der Waals surface area contributed by atoms with E-state index in [-0.39, 0.29) is 0 Å². The van der Waals surface area contributed by atoms with Crippen molar-refractivity contribution in [1.82, 2.24) is 0 Å². The van der Waals surface area contributed by atoms with E-state index in [2.05, 4.69) is 31.9 Å². The first-order valence-corrected chi connectivity index (χ1v) is 7.47. The summed E-state index contributed by atoms with van der Waals surface area (Å²) in [6, 6.07) is 7.82. The van der Waals surface area contributed by atoms with E-state index < -0.39 is 0 Å². The Kier molecular flexibility index (Phi) is 4.21. The minimum Gasteiger partial charge on any atom is -0.456 e. The molecule has 19 heavy (non-hydrogen) atoms. The molecule has 100 valence electrons. The zero-order chi connectivity index (χ0) is 14.2. The minimum atomic E-state index is 0.752. The summed E-state index contributed by atoms with van der Waals surface area (Å²) >= 11 is 7.03. The highest BCUT2D eigenvalue weighted by Crippen LogP contribution is 2.35. The van der Waals surface area contributed by atoms with Crippen LogP contribution in [-0.2, 0) is 0 Å². The fraction of sp³-hybridized carbons (Fsp3) is 0.200. The highest BCUT2D eigenvalue weighted by Gasteiger charge is 2.08. The summed E-state index contributed by atoms with van der Waals surface area (Å²) in [7, 11) is 0. The molecule has 0 bridgehead atoms. The van der Waals surface area contributed by atoms with Crippen molar-refractivity contribution in [3.05, 3.63) is 49.9 Å². The van der Waals surface area contributed by atoms with Gasteiger partial charge in [-0.05, 0) is 77.7 Å². The topological polar surface area (TPSA) is 35.2 Å². The van der Waals surface area contributed by atoms with Crippen molar-refractivity contribution < 1.29 is 4.74 Å². The van der Waals surface area contributed by atoms with Crippen LogP contribution >= 0.6 is 31.9 Å². The third-order valence-corrected chi connectivity index (χ3v) is 4.83. The molecule has 0 saturated carbocycles. The van der Waals surface area contributed by atoms with Gasteiger partial charge in [0.2, 0.25) is 0 Å². The molecular weight excluding hydrogens is 370 g/mol. The second kappa shape index (κ2) is 5.55. The molecule has 0 heterocycles. The monoisotopic (exact) mass is 383 g/mol. The normalized spacial score (nSPS) is 10.6. The number of nitrogen functional groups attached to an aromatic ring is 1.